The first kappa shape index (κ1) is 14.8. The van der Waals surface area contributed by atoms with Crippen LogP contribution < -0.4 is 14.8 Å². The first-order chi connectivity index (χ1) is 8.81. The fourth-order valence-electron chi connectivity index (χ4n) is 1.63. The van der Waals surface area contributed by atoms with E-state index in [1.807, 2.05) is 18.2 Å². The highest BCUT2D eigenvalue weighted by Gasteiger charge is 2.05. The van der Waals surface area contributed by atoms with Crippen molar-refractivity contribution in [3.63, 3.8) is 0 Å². The van der Waals surface area contributed by atoms with E-state index < -0.39 is 0 Å². The third-order valence-corrected chi connectivity index (χ3v) is 2.61. The van der Waals surface area contributed by atoms with E-state index in [9.17, 15) is 0 Å². The third kappa shape index (κ3) is 4.94. The quantitative estimate of drug-likeness (QED) is 0.661. The first-order valence-electron chi connectivity index (χ1n) is 6.43. The molecule has 0 radical (unpaired) electrons. The fourth-order valence-corrected chi connectivity index (χ4v) is 1.63. The summed E-state index contributed by atoms with van der Waals surface area (Å²) in [4.78, 5) is 0. The Balaban J connectivity index is 2.55. The van der Waals surface area contributed by atoms with E-state index in [1.54, 1.807) is 7.11 Å². The van der Waals surface area contributed by atoms with Gasteiger partial charge in [0, 0.05) is 6.54 Å². The van der Waals surface area contributed by atoms with Crippen molar-refractivity contribution in [3.8, 4) is 11.5 Å². The number of hydrogen-bond donors (Lipinski definition) is 2. The van der Waals surface area contributed by atoms with Gasteiger partial charge in [0.05, 0.1) is 13.7 Å². The lowest BCUT2D eigenvalue weighted by Gasteiger charge is -2.12. The second-order valence-corrected chi connectivity index (χ2v) is 4.09. The van der Waals surface area contributed by atoms with Crippen molar-refractivity contribution in [2.75, 3.05) is 26.9 Å². The highest BCUT2D eigenvalue weighted by molar-refractivity contribution is 5.42. The van der Waals surface area contributed by atoms with Gasteiger partial charge in [0.2, 0.25) is 0 Å². The van der Waals surface area contributed by atoms with Crippen LogP contribution in [0.1, 0.15) is 25.3 Å². The number of aliphatic hydroxyl groups is 1. The summed E-state index contributed by atoms with van der Waals surface area (Å²) >= 11 is 0. The van der Waals surface area contributed by atoms with E-state index in [0.717, 1.165) is 13.1 Å². The van der Waals surface area contributed by atoms with Gasteiger partial charge in [0.1, 0.15) is 6.61 Å². The Hall–Kier alpha value is -1.26. The summed E-state index contributed by atoms with van der Waals surface area (Å²) in [6.07, 6.45) is 2.39. The van der Waals surface area contributed by atoms with Crippen LogP contribution >= 0.6 is 0 Å². The highest BCUT2D eigenvalue weighted by Crippen LogP contribution is 2.27. The van der Waals surface area contributed by atoms with E-state index in [1.165, 1.54) is 18.4 Å². The molecule has 0 heterocycles. The van der Waals surface area contributed by atoms with Gasteiger partial charge >= 0.3 is 0 Å². The standard InChI is InChI=1S/C14H23NO3/c1-3-4-7-15-11-12-5-6-13(18-9-8-16)14(10-12)17-2/h5-6,10,15-16H,3-4,7-9,11H2,1-2H3. The summed E-state index contributed by atoms with van der Waals surface area (Å²) in [6, 6.07) is 5.85. The predicted molar refractivity (Wildman–Crippen MR) is 72.2 cm³/mol. The van der Waals surface area contributed by atoms with Gasteiger partial charge in [-0.3, -0.25) is 0 Å². The predicted octanol–water partition coefficient (Wildman–Crippen LogP) is 1.96. The lowest BCUT2D eigenvalue weighted by atomic mass is 10.2. The molecule has 0 aliphatic heterocycles. The molecule has 4 nitrogen and oxygen atoms in total. The lowest BCUT2D eigenvalue weighted by molar-refractivity contribution is 0.196. The molecule has 18 heavy (non-hydrogen) atoms. The zero-order valence-corrected chi connectivity index (χ0v) is 11.2. The fraction of sp³-hybridized carbons (Fsp3) is 0.571. The number of ether oxygens (including phenoxy) is 2. The molecule has 0 saturated carbocycles. The molecular weight excluding hydrogens is 230 g/mol. The zero-order chi connectivity index (χ0) is 13.2. The molecule has 1 aromatic rings. The van der Waals surface area contributed by atoms with E-state index in [4.69, 9.17) is 14.6 Å². The van der Waals surface area contributed by atoms with Gasteiger partial charge in [-0.05, 0) is 30.7 Å². The Bertz CT molecular complexity index is 342. The smallest absolute Gasteiger partial charge is 0.161 e. The van der Waals surface area contributed by atoms with E-state index in [0.29, 0.717) is 11.5 Å². The van der Waals surface area contributed by atoms with Gasteiger partial charge in [0.15, 0.2) is 11.5 Å². The second kappa shape index (κ2) is 8.78. The number of benzene rings is 1. The molecule has 4 heteroatoms. The van der Waals surface area contributed by atoms with Crippen LogP contribution in [-0.2, 0) is 6.54 Å². The topological polar surface area (TPSA) is 50.7 Å². The summed E-state index contributed by atoms with van der Waals surface area (Å²) in [5.74, 6) is 1.38. The number of nitrogens with one attached hydrogen (secondary N) is 1. The molecule has 0 unspecified atom stereocenters. The molecule has 0 aliphatic rings. The molecule has 0 bridgehead atoms. The van der Waals surface area contributed by atoms with E-state index >= 15 is 0 Å². The zero-order valence-electron chi connectivity index (χ0n) is 11.2. The monoisotopic (exact) mass is 253 g/mol. The van der Waals surface area contributed by atoms with Gasteiger partial charge in [0.25, 0.3) is 0 Å². The number of unbranched alkanes of at least 4 members (excludes halogenated alkanes) is 1. The second-order valence-electron chi connectivity index (χ2n) is 4.09. The van der Waals surface area contributed by atoms with Crippen molar-refractivity contribution in [1.82, 2.24) is 5.32 Å². The van der Waals surface area contributed by atoms with Crippen molar-refractivity contribution < 1.29 is 14.6 Å². The molecule has 0 amide bonds. The maximum absolute atomic E-state index is 8.74. The number of rotatable bonds is 9. The molecule has 0 aliphatic carbocycles. The van der Waals surface area contributed by atoms with Gasteiger partial charge in [-0.25, -0.2) is 0 Å². The molecule has 2 N–H and O–H groups in total. The average Bonchev–Trinajstić information content (AvgIpc) is 2.41. The number of aliphatic hydroxyl groups excluding tert-OH is 1. The number of methoxy groups -OCH3 is 1. The van der Waals surface area contributed by atoms with Crippen LogP contribution in [0.25, 0.3) is 0 Å². The molecule has 0 saturated heterocycles. The molecule has 1 aromatic carbocycles. The average molecular weight is 253 g/mol. The van der Waals surface area contributed by atoms with Crippen LogP contribution in [0.15, 0.2) is 18.2 Å². The normalized spacial score (nSPS) is 10.4. The molecule has 0 aromatic heterocycles. The largest absolute Gasteiger partial charge is 0.493 e. The molecular formula is C14H23NO3. The van der Waals surface area contributed by atoms with Gasteiger partial charge < -0.3 is 19.9 Å². The molecule has 0 spiro atoms. The van der Waals surface area contributed by atoms with Crippen molar-refractivity contribution in [2.24, 2.45) is 0 Å². The van der Waals surface area contributed by atoms with Crippen LogP contribution in [0.3, 0.4) is 0 Å². The van der Waals surface area contributed by atoms with Crippen LogP contribution in [0.4, 0.5) is 0 Å². The van der Waals surface area contributed by atoms with E-state index in [-0.39, 0.29) is 13.2 Å². The van der Waals surface area contributed by atoms with Crippen LogP contribution in [0.5, 0.6) is 11.5 Å². The third-order valence-electron chi connectivity index (χ3n) is 2.61. The minimum absolute atomic E-state index is 0.00345. The van der Waals surface area contributed by atoms with Crippen molar-refractivity contribution >= 4 is 0 Å². The minimum Gasteiger partial charge on any atom is -0.493 e. The SMILES string of the molecule is CCCCNCc1ccc(OCCO)c(OC)c1. The van der Waals surface area contributed by atoms with Crippen LogP contribution in [0.2, 0.25) is 0 Å². The van der Waals surface area contributed by atoms with Gasteiger partial charge in [-0.15, -0.1) is 0 Å². The summed E-state index contributed by atoms with van der Waals surface area (Å²) in [6.45, 7) is 4.32. The maximum Gasteiger partial charge on any atom is 0.161 e. The van der Waals surface area contributed by atoms with Crippen LogP contribution in [-0.4, -0.2) is 32.0 Å². The van der Waals surface area contributed by atoms with Gasteiger partial charge in [-0.2, -0.15) is 0 Å². The van der Waals surface area contributed by atoms with Crippen molar-refractivity contribution in [2.45, 2.75) is 26.3 Å². The van der Waals surface area contributed by atoms with Gasteiger partial charge in [-0.1, -0.05) is 19.4 Å². The Kier molecular flexibility index (Phi) is 7.22. The lowest BCUT2D eigenvalue weighted by Crippen LogP contribution is -2.14. The Labute approximate surface area is 109 Å². The highest BCUT2D eigenvalue weighted by atomic mass is 16.5. The Morgan fingerprint density at radius 2 is 2.11 bits per heavy atom. The first-order valence-corrected chi connectivity index (χ1v) is 6.43. The molecule has 1 rings (SSSR count). The molecule has 0 atom stereocenters. The minimum atomic E-state index is 0.00345. The summed E-state index contributed by atoms with van der Waals surface area (Å²) in [7, 11) is 1.62. The summed E-state index contributed by atoms with van der Waals surface area (Å²) in [5, 5.41) is 12.1. The van der Waals surface area contributed by atoms with Crippen molar-refractivity contribution in [1.29, 1.82) is 0 Å². The Morgan fingerprint density at radius 3 is 2.78 bits per heavy atom. The number of hydrogen-bond acceptors (Lipinski definition) is 4. The summed E-state index contributed by atoms with van der Waals surface area (Å²) in [5.41, 5.74) is 1.17. The summed E-state index contributed by atoms with van der Waals surface area (Å²) < 4.78 is 10.7. The van der Waals surface area contributed by atoms with Crippen LogP contribution in [0, 0.1) is 0 Å². The molecule has 102 valence electrons. The van der Waals surface area contributed by atoms with Crippen molar-refractivity contribution in [3.05, 3.63) is 23.8 Å². The van der Waals surface area contributed by atoms with E-state index in [2.05, 4.69) is 12.2 Å². The maximum atomic E-state index is 8.74. The molecule has 0 fully saturated rings. The Morgan fingerprint density at radius 1 is 1.28 bits per heavy atom.